The van der Waals surface area contributed by atoms with Gasteiger partial charge in [-0.3, -0.25) is 0 Å². The monoisotopic (exact) mass is 302 g/mol. The lowest BCUT2D eigenvalue weighted by Crippen LogP contribution is -2.03. The van der Waals surface area contributed by atoms with E-state index in [1.807, 2.05) is 6.08 Å². The van der Waals surface area contributed by atoms with Gasteiger partial charge in [-0.1, -0.05) is 17.7 Å². The Kier molecular flexibility index (Phi) is 6.36. The molecule has 6 nitrogen and oxygen atoms in total. The molecule has 0 saturated heterocycles. The number of carbonyl (C=O) groups is 1. The summed E-state index contributed by atoms with van der Waals surface area (Å²) in [7, 11) is -4.64. The minimum atomic E-state index is -4.64. The zero-order valence-electron chi connectivity index (χ0n) is 11.0. The van der Waals surface area contributed by atoms with E-state index in [4.69, 9.17) is 24.4 Å². The predicted octanol–water partition coefficient (Wildman–Crippen LogP) is 2.29. The largest absolute Gasteiger partial charge is 0.478 e. The molecule has 0 aromatic heterocycles. The normalized spacial score (nSPS) is 19.1. The summed E-state index contributed by atoms with van der Waals surface area (Å²) < 4.78 is 8.88. The van der Waals surface area contributed by atoms with Gasteiger partial charge in [-0.15, -0.1) is 0 Å². The van der Waals surface area contributed by atoms with Gasteiger partial charge in [-0.2, -0.15) is 0 Å². The van der Waals surface area contributed by atoms with Gasteiger partial charge in [0.05, 0.1) is 5.57 Å². The third-order valence-corrected chi connectivity index (χ3v) is 3.02. The maximum atomic E-state index is 11.1. The summed E-state index contributed by atoms with van der Waals surface area (Å²) in [5.41, 5.74) is 2.73. The van der Waals surface area contributed by atoms with Crippen molar-refractivity contribution < 1.29 is 29.1 Å². The molecular weight excluding hydrogens is 283 g/mol. The van der Waals surface area contributed by atoms with Crippen molar-refractivity contribution in [2.45, 2.75) is 38.5 Å². The number of hydrogen-bond donors (Lipinski definition) is 4. The molecule has 7 heteroatoms. The van der Waals surface area contributed by atoms with Crippen LogP contribution in [0.25, 0.3) is 0 Å². The fraction of sp³-hybridized carbons (Fsp3) is 0.462. The van der Waals surface area contributed by atoms with Crippen molar-refractivity contribution in [3.63, 3.8) is 0 Å². The predicted molar refractivity (Wildman–Crippen MR) is 73.8 cm³/mol. The Bertz CT molecular complexity index is 489. The minimum absolute atomic E-state index is 0.514. The molecule has 0 aromatic carbocycles. The van der Waals surface area contributed by atoms with E-state index in [1.165, 1.54) is 5.57 Å². The first-order valence-corrected chi connectivity index (χ1v) is 7.95. The van der Waals surface area contributed by atoms with Gasteiger partial charge in [-0.05, 0) is 50.2 Å². The van der Waals surface area contributed by atoms with E-state index < -0.39 is 13.8 Å². The van der Waals surface area contributed by atoms with Crippen LogP contribution in [-0.2, 0) is 9.36 Å². The second kappa shape index (κ2) is 7.55. The van der Waals surface area contributed by atoms with Gasteiger partial charge in [0.25, 0.3) is 0 Å². The molecule has 4 N–H and O–H groups in total. The highest BCUT2D eigenvalue weighted by Gasteiger charge is 2.17. The number of aliphatic carboxylic acids is 1. The average molecular weight is 302 g/mol. The number of carboxylic acid groups (broad SMARTS) is 1. The summed E-state index contributed by atoms with van der Waals surface area (Å²) in [4.78, 5) is 32.7. The molecule has 2 aliphatic carbocycles. The van der Waals surface area contributed by atoms with E-state index in [-0.39, 0.29) is 0 Å². The second-order valence-corrected chi connectivity index (χ2v) is 5.70. The van der Waals surface area contributed by atoms with Crippen LogP contribution in [0.15, 0.2) is 34.9 Å². The van der Waals surface area contributed by atoms with Gasteiger partial charge in [0.1, 0.15) is 0 Å². The molecule has 20 heavy (non-hydrogen) atoms. The van der Waals surface area contributed by atoms with Gasteiger partial charge in [0, 0.05) is 0 Å². The zero-order chi connectivity index (χ0) is 15.2. The Morgan fingerprint density at radius 1 is 1.10 bits per heavy atom. The first kappa shape index (κ1) is 16.9. The molecule has 0 atom stereocenters. The molecule has 2 aliphatic rings. The van der Waals surface area contributed by atoms with Crippen molar-refractivity contribution in [1.29, 1.82) is 0 Å². The summed E-state index contributed by atoms with van der Waals surface area (Å²) in [5, 5.41) is 9.16. The lowest BCUT2D eigenvalue weighted by Gasteiger charge is -2.03. The first-order valence-electron chi connectivity index (χ1n) is 6.39. The second-order valence-electron chi connectivity index (χ2n) is 4.67. The van der Waals surface area contributed by atoms with E-state index >= 15 is 0 Å². The van der Waals surface area contributed by atoms with Crippen LogP contribution in [0.4, 0.5) is 0 Å². The molecule has 0 aromatic rings. The summed E-state index contributed by atoms with van der Waals surface area (Å²) in [6, 6.07) is 0. The topological polar surface area (TPSA) is 115 Å². The molecule has 0 aliphatic heterocycles. The van der Waals surface area contributed by atoms with Crippen LogP contribution in [0.2, 0.25) is 0 Å². The molecule has 112 valence electrons. The van der Waals surface area contributed by atoms with Crippen LogP contribution >= 0.6 is 7.82 Å². The Labute approximate surface area is 117 Å². The van der Waals surface area contributed by atoms with Crippen molar-refractivity contribution >= 4 is 13.8 Å². The van der Waals surface area contributed by atoms with Gasteiger partial charge in [0.15, 0.2) is 0 Å². The van der Waals surface area contributed by atoms with E-state index in [9.17, 15) is 4.79 Å². The number of rotatable bonds is 3. The smallest absolute Gasteiger partial charge is 0.466 e. The van der Waals surface area contributed by atoms with Crippen LogP contribution in [0.1, 0.15) is 38.5 Å². The average Bonchev–Trinajstić information content (AvgIpc) is 2.96. The molecule has 0 bridgehead atoms. The molecule has 0 heterocycles. The number of phosphoric acid groups is 1. The fourth-order valence-electron chi connectivity index (χ4n) is 2.22. The van der Waals surface area contributed by atoms with Crippen molar-refractivity contribution in [3.05, 3.63) is 34.9 Å². The highest BCUT2D eigenvalue weighted by atomic mass is 31.2. The maximum absolute atomic E-state index is 11.1. The van der Waals surface area contributed by atoms with Crippen LogP contribution in [0.5, 0.6) is 0 Å². The number of carboxylic acids is 1. The zero-order valence-corrected chi connectivity index (χ0v) is 11.9. The van der Waals surface area contributed by atoms with Gasteiger partial charge in [0.2, 0.25) is 0 Å². The molecule has 2 rings (SSSR count). The van der Waals surface area contributed by atoms with E-state index in [1.54, 1.807) is 0 Å². The lowest BCUT2D eigenvalue weighted by molar-refractivity contribution is -0.132. The minimum Gasteiger partial charge on any atom is -0.478 e. The SMILES string of the molecule is O=C(O)C(=CC1=CCCC1)C1=CCCC1.O=P(O)(O)O. The van der Waals surface area contributed by atoms with Crippen LogP contribution in [0, 0.1) is 0 Å². The standard InChI is InChI=1S/C13H16O2.H3O4P/c14-13(15)12(11-7-3-4-8-11)9-10-5-1-2-6-10;1-5(2,3)4/h5,7,9H,1-4,6,8H2,(H,14,15);(H3,1,2,3,4). The number of allylic oxidation sites excluding steroid dienone is 4. The Morgan fingerprint density at radius 2 is 1.65 bits per heavy atom. The third-order valence-electron chi connectivity index (χ3n) is 3.02. The Morgan fingerprint density at radius 3 is 2.05 bits per heavy atom. The molecule has 0 radical (unpaired) electrons. The van der Waals surface area contributed by atoms with Crippen molar-refractivity contribution in [3.8, 4) is 0 Å². The van der Waals surface area contributed by atoms with Crippen LogP contribution in [-0.4, -0.2) is 25.8 Å². The van der Waals surface area contributed by atoms with Crippen molar-refractivity contribution in [2.75, 3.05) is 0 Å². The lowest BCUT2D eigenvalue weighted by atomic mass is 10.0. The molecule has 0 amide bonds. The highest BCUT2D eigenvalue weighted by Crippen LogP contribution is 2.28. The van der Waals surface area contributed by atoms with E-state index in [0.29, 0.717) is 5.57 Å². The maximum Gasteiger partial charge on any atom is 0.466 e. The molecule has 0 saturated carbocycles. The van der Waals surface area contributed by atoms with E-state index in [2.05, 4.69) is 12.2 Å². The molecular formula is C13H19O6P. The van der Waals surface area contributed by atoms with E-state index in [0.717, 1.165) is 44.1 Å². The Balaban J connectivity index is 0.000000347. The molecule has 0 fully saturated rings. The van der Waals surface area contributed by atoms with Gasteiger partial charge in [-0.25, -0.2) is 9.36 Å². The molecule has 0 spiro atoms. The van der Waals surface area contributed by atoms with Crippen LogP contribution < -0.4 is 0 Å². The first-order chi connectivity index (χ1) is 9.27. The third kappa shape index (κ3) is 6.82. The summed E-state index contributed by atoms with van der Waals surface area (Å²) in [6.45, 7) is 0. The Hall–Kier alpha value is -1.20. The van der Waals surface area contributed by atoms with Crippen LogP contribution in [0.3, 0.4) is 0 Å². The summed E-state index contributed by atoms with van der Waals surface area (Å²) in [6.07, 6.45) is 12.4. The van der Waals surface area contributed by atoms with Gasteiger partial charge < -0.3 is 19.8 Å². The summed E-state index contributed by atoms with van der Waals surface area (Å²) >= 11 is 0. The fourth-order valence-corrected chi connectivity index (χ4v) is 2.22. The number of hydrogen-bond acceptors (Lipinski definition) is 2. The van der Waals surface area contributed by atoms with Crippen molar-refractivity contribution in [1.82, 2.24) is 0 Å². The molecule has 0 unspecified atom stereocenters. The quantitative estimate of drug-likeness (QED) is 0.469. The van der Waals surface area contributed by atoms with Gasteiger partial charge >= 0.3 is 13.8 Å². The van der Waals surface area contributed by atoms with Crippen molar-refractivity contribution in [2.24, 2.45) is 0 Å². The summed E-state index contributed by atoms with van der Waals surface area (Å²) in [5.74, 6) is -0.782. The highest BCUT2D eigenvalue weighted by molar-refractivity contribution is 7.45.